The number of nitrogens with one attached hydrogen (secondary N) is 1. The number of rotatable bonds is 3. The summed E-state index contributed by atoms with van der Waals surface area (Å²) in [6.45, 7) is 3.75. The number of fused-ring (bicyclic) bond motifs is 1. The van der Waals surface area contributed by atoms with E-state index in [0.29, 0.717) is 10.8 Å². The van der Waals surface area contributed by atoms with Gasteiger partial charge in [-0.25, -0.2) is 4.98 Å². The molecular formula is C22H18F3N3O2S. The van der Waals surface area contributed by atoms with Gasteiger partial charge in [-0.1, -0.05) is 6.07 Å². The lowest BCUT2D eigenvalue weighted by molar-refractivity contribution is -0.137. The van der Waals surface area contributed by atoms with E-state index in [0.717, 1.165) is 41.1 Å². The van der Waals surface area contributed by atoms with E-state index in [1.54, 1.807) is 17.3 Å². The number of carbonyl (C=O) groups is 2. The van der Waals surface area contributed by atoms with Crippen molar-refractivity contribution in [2.24, 2.45) is 0 Å². The number of anilines is 2. The molecule has 3 aromatic rings. The topological polar surface area (TPSA) is 62.3 Å². The predicted octanol–water partition coefficient (Wildman–Crippen LogP) is 5.34. The summed E-state index contributed by atoms with van der Waals surface area (Å²) in [5, 5.41) is 4.72. The van der Waals surface area contributed by atoms with Crippen LogP contribution < -0.4 is 10.2 Å². The molecule has 1 N–H and O–H groups in total. The number of benzene rings is 2. The summed E-state index contributed by atoms with van der Waals surface area (Å²) in [6, 6.07) is 9.65. The van der Waals surface area contributed by atoms with Crippen LogP contribution >= 0.6 is 11.3 Å². The second-order valence-corrected chi connectivity index (χ2v) is 8.65. The third-order valence-corrected chi connectivity index (χ3v) is 6.12. The Bertz CT molecular complexity index is 1180. The molecule has 0 fully saturated rings. The first-order valence-corrected chi connectivity index (χ1v) is 10.2. The SMILES string of the molecule is CN1C(=O)C(C)(C)c2cc(-c3csc(NC(=O)c4ccc(C(F)(F)F)cc4)n3)ccc21. The van der Waals surface area contributed by atoms with Crippen molar-refractivity contribution in [1.82, 2.24) is 4.98 Å². The van der Waals surface area contributed by atoms with Crippen LogP contribution in [0.3, 0.4) is 0 Å². The number of alkyl halides is 3. The van der Waals surface area contributed by atoms with Gasteiger partial charge in [0, 0.05) is 29.2 Å². The van der Waals surface area contributed by atoms with E-state index in [1.165, 1.54) is 11.3 Å². The normalized spacial score (nSPS) is 15.2. The summed E-state index contributed by atoms with van der Waals surface area (Å²) >= 11 is 1.21. The van der Waals surface area contributed by atoms with Crippen molar-refractivity contribution in [3.05, 3.63) is 64.5 Å². The van der Waals surface area contributed by atoms with Gasteiger partial charge in [0.25, 0.3) is 5.91 Å². The van der Waals surface area contributed by atoms with Crippen molar-refractivity contribution in [1.29, 1.82) is 0 Å². The Balaban J connectivity index is 1.54. The van der Waals surface area contributed by atoms with Crippen molar-refractivity contribution >= 4 is 34.0 Å². The highest BCUT2D eigenvalue weighted by atomic mass is 32.1. The van der Waals surface area contributed by atoms with Gasteiger partial charge in [-0.05, 0) is 55.8 Å². The minimum absolute atomic E-state index is 0.0161. The molecule has 0 aliphatic carbocycles. The Morgan fingerprint density at radius 1 is 1.13 bits per heavy atom. The van der Waals surface area contributed by atoms with Gasteiger partial charge in [-0.15, -0.1) is 11.3 Å². The van der Waals surface area contributed by atoms with Gasteiger partial charge in [0.2, 0.25) is 5.91 Å². The number of likely N-dealkylation sites (N-methyl/N-ethyl adjacent to an activating group) is 1. The van der Waals surface area contributed by atoms with Crippen LogP contribution in [0.25, 0.3) is 11.3 Å². The van der Waals surface area contributed by atoms with Crippen molar-refractivity contribution in [2.45, 2.75) is 25.4 Å². The zero-order valence-corrected chi connectivity index (χ0v) is 17.7. The summed E-state index contributed by atoms with van der Waals surface area (Å²) in [7, 11) is 1.74. The first-order valence-electron chi connectivity index (χ1n) is 9.35. The number of aromatic nitrogens is 1. The third kappa shape index (κ3) is 3.69. The molecule has 4 rings (SSSR count). The van der Waals surface area contributed by atoms with Gasteiger partial charge in [0.15, 0.2) is 5.13 Å². The molecule has 0 radical (unpaired) electrons. The molecule has 1 aliphatic heterocycles. The smallest absolute Gasteiger partial charge is 0.314 e. The van der Waals surface area contributed by atoms with Gasteiger partial charge >= 0.3 is 6.18 Å². The Morgan fingerprint density at radius 3 is 2.45 bits per heavy atom. The fraction of sp³-hybridized carbons (Fsp3) is 0.227. The van der Waals surface area contributed by atoms with Crippen LogP contribution in [0.5, 0.6) is 0 Å². The molecule has 31 heavy (non-hydrogen) atoms. The Labute approximate surface area is 180 Å². The van der Waals surface area contributed by atoms with Gasteiger partial charge < -0.3 is 4.90 Å². The van der Waals surface area contributed by atoms with E-state index in [-0.39, 0.29) is 11.5 Å². The lowest BCUT2D eigenvalue weighted by Crippen LogP contribution is -2.33. The van der Waals surface area contributed by atoms with E-state index in [2.05, 4.69) is 10.3 Å². The number of thiazole rings is 1. The number of hydrogen-bond acceptors (Lipinski definition) is 4. The molecule has 160 valence electrons. The largest absolute Gasteiger partial charge is 0.416 e. The van der Waals surface area contributed by atoms with Crippen LogP contribution in [0.4, 0.5) is 24.0 Å². The monoisotopic (exact) mass is 445 g/mol. The maximum atomic E-state index is 12.7. The molecule has 0 bridgehead atoms. The lowest BCUT2D eigenvalue weighted by Gasteiger charge is -2.16. The van der Waals surface area contributed by atoms with E-state index >= 15 is 0 Å². The summed E-state index contributed by atoms with van der Waals surface area (Å²) in [6.07, 6.45) is -4.46. The van der Waals surface area contributed by atoms with E-state index in [9.17, 15) is 22.8 Å². The van der Waals surface area contributed by atoms with Crippen molar-refractivity contribution in [3.63, 3.8) is 0 Å². The average molecular weight is 445 g/mol. The Morgan fingerprint density at radius 2 is 1.81 bits per heavy atom. The van der Waals surface area contributed by atoms with Crippen LogP contribution in [0.1, 0.15) is 35.3 Å². The summed E-state index contributed by atoms with van der Waals surface area (Å²) in [5.41, 5.74) is 1.84. The Hall–Kier alpha value is -3.20. The van der Waals surface area contributed by atoms with Gasteiger partial charge in [0.05, 0.1) is 16.7 Å². The fourth-order valence-electron chi connectivity index (χ4n) is 3.58. The number of amides is 2. The number of halogens is 3. The molecule has 2 heterocycles. The van der Waals surface area contributed by atoms with Crippen molar-refractivity contribution < 1.29 is 22.8 Å². The highest BCUT2D eigenvalue weighted by molar-refractivity contribution is 7.14. The first-order chi connectivity index (χ1) is 14.5. The summed E-state index contributed by atoms with van der Waals surface area (Å²) in [5.74, 6) is -0.528. The molecule has 5 nitrogen and oxygen atoms in total. The minimum atomic E-state index is -4.46. The quantitative estimate of drug-likeness (QED) is 0.592. The van der Waals surface area contributed by atoms with Gasteiger partial charge in [-0.2, -0.15) is 13.2 Å². The van der Waals surface area contributed by atoms with Crippen LogP contribution in [-0.2, 0) is 16.4 Å². The number of carbonyl (C=O) groups excluding carboxylic acids is 2. The second kappa shape index (κ2) is 7.19. The predicted molar refractivity (Wildman–Crippen MR) is 113 cm³/mol. The summed E-state index contributed by atoms with van der Waals surface area (Å²) in [4.78, 5) is 30.9. The van der Waals surface area contributed by atoms with Gasteiger partial charge in [-0.3, -0.25) is 14.9 Å². The zero-order chi connectivity index (χ0) is 22.6. The molecule has 2 amide bonds. The van der Waals surface area contributed by atoms with Crippen LogP contribution in [0.2, 0.25) is 0 Å². The molecule has 0 atom stereocenters. The molecule has 0 spiro atoms. The first kappa shape index (κ1) is 21.0. The standard InChI is InChI=1S/C22H18F3N3O2S/c1-21(2)15-10-13(6-9-17(15)28(3)19(21)30)16-11-31-20(26-16)27-18(29)12-4-7-14(8-5-12)22(23,24)25/h4-11H,1-3H3,(H,26,27,29). The maximum absolute atomic E-state index is 12.7. The second-order valence-electron chi connectivity index (χ2n) is 7.79. The lowest BCUT2D eigenvalue weighted by atomic mass is 9.85. The van der Waals surface area contributed by atoms with E-state index in [4.69, 9.17) is 0 Å². The molecule has 2 aromatic carbocycles. The summed E-state index contributed by atoms with van der Waals surface area (Å²) < 4.78 is 38.0. The zero-order valence-electron chi connectivity index (χ0n) is 16.9. The highest BCUT2D eigenvalue weighted by Crippen LogP contribution is 2.42. The van der Waals surface area contributed by atoms with Crippen molar-refractivity contribution in [3.8, 4) is 11.3 Å². The highest BCUT2D eigenvalue weighted by Gasteiger charge is 2.42. The Kier molecular flexibility index (Phi) is 4.88. The average Bonchev–Trinajstić information content (AvgIpc) is 3.25. The van der Waals surface area contributed by atoms with E-state index < -0.39 is 23.1 Å². The fourth-order valence-corrected chi connectivity index (χ4v) is 4.29. The van der Waals surface area contributed by atoms with Crippen LogP contribution in [0.15, 0.2) is 47.8 Å². The molecule has 1 aromatic heterocycles. The number of nitrogens with zero attached hydrogens (tertiary/aromatic N) is 2. The van der Waals surface area contributed by atoms with Crippen LogP contribution in [0, 0.1) is 0 Å². The minimum Gasteiger partial charge on any atom is -0.314 e. The molecule has 0 unspecified atom stereocenters. The van der Waals surface area contributed by atoms with Crippen LogP contribution in [-0.4, -0.2) is 23.8 Å². The molecule has 0 saturated carbocycles. The van der Waals surface area contributed by atoms with E-state index in [1.807, 2.05) is 32.0 Å². The molecule has 0 saturated heterocycles. The third-order valence-electron chi connectivity index (χ3n) is 5.37. The molecule has 9 heteroatoms. The number of hydrogen-bond donors (Lipinski definition) is 1. The van der Waals surface area contributed by atoms with Crippen molar-refractivity contribution in [2.75, 3.05) is 17.3 Å². The maximum Gasteiger partial charge on any atom is 0.416 e. The van der Waals surface area contributed by atoms with Gasteiger partial charge in [0.1, 0.15) is 0 Å². The molecule has 1 aliphatic rings. The molecular weight excluding hydrogens is 427 g/mol.